The van der Waals surface area contributed by atoms with Crippen LogP contribution >= 0.6 is 0 Å². The van der Waals surface area contributed by atoms with Gasteiger partial charge in [-0.15, -0.1) is 0 Å². The van der Waals surface area contributed by atoms with Crippen LogP contribution in [0.4, 0.5) is 17.1 Å². The number of rotatable bonds is 5. The molecule has 0 radical (unpaired) electrons. The summed E-state index contributed by atoms with van der Waals surface area (Å²) in [6.45, 7) is 2.41. The van der Waals surface area contributed by atoms with Crippen molar-refractivity contribution < 1.29 is 8.42 Å². The van der Waals surface area contributed by atoms with Gasteiger partial charge in [-0.3, -0.25) is 0 Å². The number of nitrogens with zero attached hydrogens (tertiary/aromatic N) is 1. The van der Waals surface area contributed by atoms with Crippen molar-refractivity contribution in [2.75, 3.05) is 4.90 Å². The molecule has 3 saturated carbocycles. The van der Waals surface area contributed by atoms with Crippen molar-refractivity contribution >= 4 is 26.9 Å². The Morgan fingerprint density at radius 3 is 1.70 bits per heavy atom. The Balaban J connectivity index is 1.21. The number of hydrogen-bond acceptors (Lipinski definition) is 3. The molecule has 0 aromatic heterocycles. The molecule has 6 aromatic rings. The molecular weight excluding hydrogens is 631 g/mol. The normalized spacial score (nSPS) is 23.1. The van der Waals surface area contributed by atoms with Crippen LogP contribution in [0.1, 0.15) is 50.2 Å². The van der Waals surface area contributed by atoms with E-state index in [4.69, 9.17) is 0 Å². The van der Waals surface area contributed by atoms with Gasteiger partial charge in [-0.25, -0.2) is 8.42 Å². The number of anilines is 3. The second-order valence-corrected chi connectivity index (χ2v) is 16.5. The Hall–Kier alpha value is -4.93. The van der Waals surface area contributed by atoms with Crippen molar-refractivity contribution in [1.82, 2.24) is 0 Å². The fraction of sp³-hybridized carbons (Fsp3) is 0.217. The van der Waals surface area contributed by atoms with Crippen LogP contribution in [0.3, 0.4) is 0 Å². The highest BCUT2D eigenvalue weighted by Gasteiger charge is 2.55. The number of hydrogen-bond donors (Lipinski definition) is 0. The molecule has 2 bridgehead atoms. The fourth-order valence-corrected chi connectivity index (χ4v) is 11.4. The van der Waals surface area contributed by atoms with Crippen LogP contribution in [-0.2, 0) is 15.3 Å². The largest absolute Gasteiger partial charge is 0.310 e. The van der Waals surface area contributed by atoms with E-state index in [1.54, 1.807) is 0 Å². The summed E-state index contributed by atoms with van der Waals surface area (Å²) in [7, 11) is -3.75. The van der Waals surface area contributed by atoms with E-state index < -0.39 is 9.84 Å². The molecule has 3 nitrogen and oxygen atoms in total. The molecule has 50 heavy (non-hydrogen) atoms. The molecule has 248 valence electrons. The average Bonchev–Trinajstić information content (AvgIpc) is 3.47. The molecule has 0 amide bonds. The summed E-state index contributed by atoms with van der Waals surface area (Å²) in [4.78, 5) is 3.17. The third-order valence-electron chi connectivity index (χ3n) is 12.0. The summed E-state index contributed by atoms with van der Waals surface area (Å²) in [5, 5.41) is 0. The van der Waals surface area contributed by atoms with Gasteiger partial charge in [-0.05, 0) is 113 Å². The summed E-state index contributed by atoms with van der Waals surface area (Å²) >= 11 is 0. The first-order valence-corrected chi connectivity index (χ1v) is 19.5. The second-order valence-electron chi connectivity index (χ2n) is 14.6. The van der Waals surface area contributed by atoms with E-state index in [1.807, 2.05) is 36.4 Å². The lowest BCUT2D eigenvalue weighted by Crippen LogP contribution is -2.46. The monoisotopic (exact) mass is 671 g/mol. The van der Waals surface area contributed by atoms with Gasteiger partial charge in [0.25, 0.3) is 0 Å². The lowest BCUT2D eigenvalue weighted by atomic mass is 9.55. The Kier molecular flexibility index (Phi) is 7.54. The zero-order chi connectivity index (χ0) is 33.9. The van der Waals surface area contributed by atoms with E-state index in [0.29, 0.717) is 27.5 Å². The molecule has 3 aliphatic carbocycles. The first-order chi connectivity index (χ1) is 24.4. The summed E-state index contributed by atoms with van der Waals surface area (Å²) in [5.41, 5.74) is 9.12. The summed E-state index contributed by atoms with van der Waals surface area (Å²) in [6.07, 6.45) is 5.75. The SMILES string of the molecule is C[C@@H]1C[C@H]2CCCC1CC21c2ccccc2S(=O)(=O)c2cc(N(c3ccc(-c4ccccc4)cc3)c3ccc(-c4ccccc4)cc3)ccc21. The maximum atomic E-state index is 14.7. The highest BCUT2D eigenvalue weighted by atomic mass is 32.2. The number of fused-ring (bicyclic) bond motifs is 5. The molecule has 10 rings (SSSR count). The van der Waals surface area contributed by atoms with Crippen LogP contribution in [-0.4, -0.2) is 8.42 Å². The predicted molar refractivity (Wildman–Crippen MR) is 204 cm³/mol. The molecule has 4 atom stereocenters. The molecule has 1 spiro atoms. The maximum absolute atomic E-state index is 14.7. The topological polar surface area (TPSA) is 37.4 Å². The second kappa shape index (κ2) is 12.1. The zero-order valence-electron chi connectivity index (χ0n) is 28.4. The number of sulfone groups is 1. The van der Waals surface area contributed by atoms with E-state index in [-0.39, 0.29) is 5.41 Å². The highest BCUT2D eigenvalue weighted by molar-refractivity contribution is 7.91. The molecule has 0 saturated heterocycles. The van der Waals surface area contributed by atoms with E-state index >= 15 is 0 Å². The van der Waals surface area contributed by atoms with Gasteiger partial charge in [0.2, 0.25) is 9.84 Å². The van der Waals surface area contributed by atoms with Crippen molar-refractivity contribution in [3.05, 3.63) is 163 Å². The van der Waals surface area contributed by atoms with Crippen molar-refractivity contribution in [1.29, 1.82) is 0 Å². The molecule has 1 aliphatic heterocycles. The lowest BCUT2D eigenvalue weighted by molar-refractivity contribution is 0.131. The molecular formula is C46H41NO2S. The van der Waals surface area contributed by atoms with E-state index in [2.05, 4.69) is 127 Å². The van der Waals surface area contributed by atoms with Gasteiger partial charge in [-0.1, -0.05) is 129 Å². The third kappa shape index (κ3) is 4.95. The summed E-state index contributed by atoms with van der Waals surface area (Å²) in [5.74, 6) is 1.68. The third-order valence-corrected chi connectivity index (χ3v) is 13.8. The molecule has 6 aromatic carbocycles. The minimum absolute atomic E-state index is 0.289. The summed E-state index contributed by atoms with van der Waals surface area (Å²) < 4.78 is 29.4. The molecule has 0 N–H and O–H groups in total. The van der Waals surface area contributed by atoms with Crippen molar-refractivity contribution in [2.45, 2.75) is 54.2 Å². The van der Waals surface area contributed by atoms with Gasteiger partial charge in [0.15, 0.2) is 0 Å². The molecule has 4 aliphatic rings. The van der Waals surface area contributed by atoms with Gasteiger partial charge in [0.1, 0.15) is 0 Å². The van der Waals surface area contributed by atoms with Crippen molar-refractivity contribution in [3.63, 3.8) is 0 Å². The van der Waals surface area contributed by atoms with Gasteiger partial charge in [-0.2, -0.15) is 0 Å². The Labute approximate surface area is 296 Å². The first-order valence-electron chi connectivity index (χ1n) is 18.0. The minimum Gasteiger partial charge on any atom is -0.310 e. The maximum Gasteiger partial charge on any atom is 0.207 e. The number of benzene rings is 6. The standard InChI is InChI=1S/C46H41NO2S/c1-32-29-38-16-10-15-37(32)31-46(38)42-17-8-9-18-44(42)50(48,49)45-30-41(27-28-43(45)46)47(39-23-19-35(20-24-39)33-11-4-2-5-12-33)40-25-21-36(22-26-40)34-13-6-3-7-14-34/h2-9,11-14,17-28,30,32,37-38H,10,15-16,29,31H2,1H3/t32-,37?,38-,46?/m1/s1. The van der Waals surface area contributed by atoms with Crippen LogP contribution in [0.5, 0.6) is 0 Å². The minimum atomic E-state index is -3.75. The van der Waals surface area contributed by atoms with E-state index in [9.17, 15) is 8.42 Å². The predicted octanol–water partition coefficient (Wildman–Crippen LogP) is 11.8. The first kappa shape index (κ1) is 31.1. The van der Waals surface area contributed by atoms with Crippen LogP contribution < -0.4 is 4.90 Å². The van der Waals surface area contributed by atoms with Crippen LogP contribution in [0, 0.1) is 17.8 Å². The molecule has 1 heterocycles. The van der Waals surface area contributed by atoms with Gasteiger partial charge in [0, 0.05) is 22.5 Å². The van der Waals surface area contributed by atoms with Gasteiger partial charge >= 0.3 is 0 Å². The van der Waals surface area contributed by atoms with Crippen LogP contribution in [0.2, 0.25) is 0 Å². The van der Waals surface area contributed by atoms with Crippen molar-refractivity contribution in [2.24, 2.45) is 17.8 Å². The molecule has 3 fully saturated rings. The average molecular weight is 672 g/mol. The van der Waals surface area contributed by atoms with Crippen LogP contribution in [0.15, 0.2) is 161 Å². The van der Waals surface area contributed by atoms with E-state index in [0.717, 1.165) is 69.7 Å². The Bertz CT molecular complexity index is 2200. The smallest absolute Gasteiger partial charge is 0.207 e. The van der Waals surface area contributed by atoms with Gasteiger partial charge in [0.05, 0.1) is 9.79 Å². The zero-order valence-corrected chi connectivity index (χ0v) is 29.2. The van der Waals surface area contributed by atoms with Crippen molar-refractivity contribution in [3.8, 4) is 22.3 Å². The Morgan fingerprint density at radius 1 is 0.560 bits per heavy atom. The summed E-state index contributed by atoms with van der Waals surface area (Å²) in [6, 6.07) is 52.2. The van der Waals surface area contributed by atoms with Gasteiger partial charge < -0.3 is 4.90 Å². The highest BCUT2D eigenvalue weighted by Crippen LogP contribution is 2.61. The Morgan fingerprint density at radius 2 is 1.08 bits per heavy atom. The molecule has 2 unspecified atom stereocenters. The quantitative estimate of drug-likeness (QED) is 0.183. The molecule has 4 heteroatoms. The lowest BCUT2D eigenvalue weighted by Gasteiger charge is -2.51. The van der Waals surface area contributed by atoms with E-state index in [1.165, 1.54) is 12.8 Å². The fourth-order valence-electron chi connectivity index (χ4n) is 9.55. The van der Waals surface area contributed by atoms with Crippen LogP contribution in [0.25, 0.3) is 22.3 Å².